The lowest BCUT2D eigenvalue weighted by atomic mass is 10.0. The molecule has 0 aliphatic rings. The number of pyridine rings is 3. The minimum absolute atomic E-state index is 0.0950. The summed E-state index contributed by atoms with van der Waals surface area (Å²) in [6.07, 6.45) is 8.65. The van der Waals surface area contributed by atoms with Crippen molar-refractivity contribution in [1.29, 1.82) is 0 Å². The number of aromatic amines is 2. The summed E-state index contributed by atoms with van der Waals surface area (Å²) in [5.41, 5.74) is 5.01. The number of unbranched alkanes of at least 4 members (excludes halogenated alkanes) is 1. The maximum Gasteiger partial charge on any atom is 0.224 e. The number of hydrogen-bond acceptors (Lipinski definition) is 6. The normalized spacial score (nSPS) is 11.3. The second kappa shape index (κ2) is 9.81. The summed E-state index contributed by atoms with van der Waals surface area (Å²) in [4.78, 5) is 33.1. The lowest BCUT2D eigenvalue weighted by molar-refractivity contribution is -0.116. The number of halogens is 1. The highest BCUT2D eigenvalue weighted by molar-refractivity contribution is 5.98. The average molecular weight is 507 g/mol. The zero-order valence-corrected chi connectivity index (χ0v) is 20.5. The summed E-state index contributed by atoms with van der Waals surface area (Å²) in [5.74, 6) is -0.184. The number of nitrogens with one attached hydrogen (secondary N) is 3. The molecule has 0 radical (unpaired) electrons. The van der Waals surface area contributed by atoms with Crippen molar-refractivity contribution in [3.63, 3.8) is 0 Å². The van der Waals surface area contributed by atoms with Gasteiger partial charge in [0.05, 0.1) is 34.0 Å². The van der Waals surface area contributed by atoms with Gasteiger partial charge in [0, 0.05) is 41.7 Å². The molecule has 188 valence electrons. The van der Waals surface area contributed by atoms with E-state index in [9.17, 15) is 4.79 Å². The molecule has 0 saturated carbocycles. The van der Waals surface area contributed by atoms with Crippen LogP contribution in [0.15, 0.2) is 67.3 Å². The zero-order chi connectivity index (χ0) is 26.1. The van der Waals surface area contributed by atoms with E-state index in [0.29, 0.717) is 56.8 Å². The van der Waals surface area contributed by atoms with E-state index >= 15 is 4.39 Å². The second-order valence-corrected chi connectivity index (χ2v) is 8.89. The molecule has 0 atom stereocenters. The number of hydrogen-bond donors (Lipinski definition) is 3. The van der Waals surface area contributed by atoms with Crippen LogP contribution in [-0.2, 0) is 4.79 Å². The van der Waals surface area contributed by atoms with E-state index in [1.807, 2.05) is 31.2 Å². The van der Waals surface area contributed by atoms with Gasteiger partial charge in [-0.2, -0.15) is 5.10 Å². The molecular formula is C28H23FN8O. The van der Waals surface area contributed by atoms with Crippen LogP contribution in [0.1, 0.15) is 26.2 Å². The van der Waals surface area contributed by atoms with Crippen LogP contribution in [0.25, 0.3) is 56.0 Å². The maximum atomic E-state index is 16.1. The molecule has 1 amide bonds. The first-order valence-electron chi connectivity index (χ1n) is 12.3. The Kier molecular flexibility index (Phi) is 6.04. The van der Waals surface area contributed by atoms with Crippen LogP contribution in [0.4, 0.5) is 10.1 Å². The van der Waals surface area contributed by atoms with Crippen molar-refractivity contribution in [1.82, 2.24) is 35.1 Å². The van der Waals surface area contributed by atoms with E-state index < -0.39 is 5.82 Å². The number of fused-ring (bicyclic) bond motifs is 2. The Hall–Kier alpha value is -4.99. The van der Waals surface area contributed by atoms with Crippen molar-refractivity contribution in [2.24, 2.45) is 0 Å². The fraction of sp³-hybridized carbons (Fsp3) is 0.143. The van der Waals surface area contributed by atoms with Gasteiger partial charge in [-0.05, 0) is 42.8 Å². The van der Waals surface area contributed by atoms with E-state index in [1.165, 1.54) is 0 Å². The summed E-state index contributed by atoms with van der Waals surface area (Å²) in [6.45, 7) is 2.03. The van der Waals surface area contributed by atoms with Gasteiger partial charge in [0.25, 0.3) is 0 Å². The number of aromatic nitrogens is 7. The highest BCUT2D eigenvalue weighted by Gasteiger charge is 2.21. The molecule has 0 aliphatic carbocycles. The number of imidazole rings is 1. The fourth-order valence-corrected chi connectivity index (χ4v) is 4.44. The van der Waals surface area contributed by atoms with E-state index in [0.717, 1.165) is 24.1 Å². The number of nitrogens with zero attached hydrogens (tertiary/aromatic N) is 5. The first-order valence-corrected chi connectivity index (χ1v) is 12.3. The molecule has 9 nitrogen and oxygen atoms in total. The van der Waals surface area contributed by atoms with Crippen LogP contribution in [0, 0.1) is 5.82 Å². The molecule has 0 aliphatic heterocycles. The van der Waals surface area contributed by atoms with Gasteiger partial charge < -0.3 is 10.3 Å². The van der Waals surface area contributed by atoms with Crippen molar-refractivity contribution in [3.05, 3.63) is 73.1 Å². The summed E-state index contributed by atoms with van der Waals surface area (Å²) in [6, 6.07) is 12.7. The van der Waals surface area contributed by atoms with E-state index in [4.69, 9.17) is 0 Å². The van der Waals surface area contributed by atoms with Crippen LogP contribution in [-0.4, -0.2) is 41.0 Å². The number of carbonyl (C=O) groups excluding carboxylic acids is 1. The molecule has 0 unspecified atom stereocenters. The molecule has 0 saturated heterocycles. The molecule has 1 aromatic carbocycles. The van der Waals surface area contributed by atoms with Crippen molar-refractivity contribution in [3.8, 4) is 33.9 Å². The topological polar surface area (TPSA) is 125 Å². The summed E-state index contributed by atoms with van der Waals surface area (Å²) in [7, 11) is 0. The van der Waals surface area contributed by atoms with Gasteiger partial charge in [-0.15, -0.1) is 0 Å². The van der Waals surface area contributed by atoms with Gasteiger partial charge in [0.15, 0.2) is 11.5 Å². The number of anilines is 1. The molecule has 6 rings (SSSR count). The summed E-state index contributed by atoms with van der Waals surface area (Å²) in [5, 5.41) is 10.4. The van der Waals surface area contributed by atoms with Gasteiger partial charge in [0.1, 0.15) is 11.5 Å². The fourth-order valence-electron chi connectivity index (χ4n) is 4.44. The maximum absolute atomic E-state index is 16.1. The van der Waals surface area contributed by atoms with E-state index in [-0.39, 0.29) is 5.91 Å². The minimum atomic E-state index is -0.471. The van der Waals surface area contributed by atoms with E-state index in [2.05, 4.69) is 40.4 Å². The van der Waals surface area contributed by atoms with Gasteiger partial charge in [-0.25, -0.2) is 14.4 Å². The Balaban J connectivity index is 1.41. The van der Waals surface area contributed by atoms with Crippen molar-refractivity contribution in [2.45, 2.75) is 26.2 Å². The largest absolute Gasteiger partial charge is 0.335 e. The Bertz CT molecular complexity index is 1780. The lowest BCUT2D eigenvalue weighted by Crippen LogP contribution is -2.11. The molecule has 5 heterocycles. The smallest absolute Gasteiger partial charge is 0.224 e. The molecule has 0 bridgehead atoms. The number of rotatable bonds is 7. The van der Waals surface area contributed by atoms with E-state index in [1.54, 1.807) is 43.0 Å². The Morgan fingerprint density at radius 3 is 2.82 bits per heavy atom. The summed E-state index contributed by atoms with van der Waals surface area (Å²) >= 11 is 0. The van der Waals surface area contributed by atoms with Crippen molar-refractivity contribution in [2.75, 3.05) is 5.32 Å². The second-order valence-electron chi connectivity index (χ2n) is 8.89. The SMILES string of the molecule is CCCCC(=O)Nc1cncc(-c2ccc3[nH]nc(-c4nc5nccc(-c6ccccn6)c5[nH]4)c3c2F)c1. The average Bonchev–Trinajstić information content (AvgIpc) is 3.57. The number of carbonyl (C=O) groups is 1. The van der Waals surface area contributed by atoms with Gasteiger partial charge >= 0.3 is 0 Å². The highest BCUT2D eigenvalue weighted by Crippen LogP contribution is 2.35. The third kappa shape index (κ3) is 4.26. The van der Waals surface area contributed by atoms with Crippen LogP contribution in [0.3, 0.4) is 0 Å². The minimum Gasteiger partial charge on any atom is -0.335 e. The van der Waals surface area contributed by atoms with Crippen molar-refractivity contribution < 1.29 is 9.18 Å². The lowest BCUT2D eigenvalue weighted by Gasteiger charge is -2.08. The van der Waals surface area contributed by atoms with Gasteiger partial charge in [-0.1, -0.05) is 19.4 Å². The zero-order valence-electron chi connectivity index (χ0n) is 20.5. The first kappa shape index (κ1) is 23.4. The molecule has 38 heavy (non-hydrogen) atoms. The Morgan fingerprint density at radius 2 is 1.97 bits per heavy atom. The third-order valence-corrected chi connectivity index (χ3v) is 6.31. The number of amides is 1. The molecule has 5 aromatic heterocycles. The quantitative estimate of drug-likeness (QED) is 0.248. The predicted molar refractivity (Wildman–Crippen MR) is 144 cm³/mol. The molecule has 10 heteroatoms. The molecule has 0 spiro atoms. The third-order valence-electron chi connectivity index (χ3n) is 6.31. The number of H-pyrrole nitrogens is 2. The van der Waals surface area contributed by atoms with Gasteiger partial charge in [-0.3, -0.25) is 19.9 Å². The van der Waals surface area contributed by atoms with Crippen LogP contribution in [0.5, 0.6) is 0 Å². The Labute approximate surface area is 216 Å². The Morgan fingerprint density at radius 1 is 1.05 bits per heavy atom. The van der Waals surface area contributed by atoms with Crippen LogP contribution < -0.4 is 5.32 Å². The summed E-state index contributed by atoms with van der Waals surface area (Å²) < 4.78 is 16.1. The van der Waals surface area contributed by atoms with Crippen LogP contribution in [0.2, 0.25) is 0 Å². The van der Waals surface area contributed by atoms with Crippen LogP contribution >= 0.6 is 0 Å². The predicted octanol–water partition coefficient (Wildman–Crippen LogP) is 5.89. The highest BCUT2D eigenvalue weighted by atomic mass is 19.1. The molecule has 6 aromatic rings. The van der Waals surface area contributed by atoms with Crippen molar-refractivity contribution >= 4 is 33.7 Å². The first-order chi connectivity index (χ1) is 18.6. The number of benzene rings is 1. The van der Waals surface area contributed by atoms with Gasteiger partial charge in [0.2, 0.25) is 5.91 Å². The molecule has 3 N–H and O–H groups in total. The standard InChI is InChI=1S/C28H23FN8O/c1-2-3-7-22(38)33-17-13-16(14-30-15-17)18-8-9-21-23(24(18)29)26(37-36-21)28-34-25-19(10-12-32-27(25)35-28)20-6-4-5-11-31-20/h4-6,8-15H,2-3,7H2,1H3,(H,33,38)(H,36,37)(H,32,34,35). The monoisotopic (exact) mass is 506 g/mol. The molecule has 0 fully saturated rings. The molecular weight excluding hydrogens is 483 g/mol.